The fourth-order valence-electron chi connectivity index (χ4n) is 1.75. The molecule has 0 aliphatic heterocycles. The fourth-order valence-corrected chi connectivity index (χ4v) is 1.75. The first-order valence-electron chi connectivity index (χ1n) is 5.96. The van der Waals surface area contributed by atoms with Gasteiger partial charge in [0.1, 0.15) is 11.6 Å². The molecule has 1 aromatic heterocycles. The summed E-state index contributed by atoms with van der Waals surface area (Å²) in [4.78, 5) is 3.90. The van der Waals surface area contributed by atoms with Crippen molar-refractivity contribution < 1.29 is 13.9 Å². The van der Waals surface area contributed by atoms with Crippen molar-refractivity contribution in [1.82, 2.24) is 14.9 Å². The molecule has 0 aliphatic carbocycles. The molecule has 0 saturated heterocycles. The van der Waals surface area contributed by atoms with E-state index in [0.717, 1.165) is 18.2 Å². The molecule has 0 spiro atoms. The standard InChI is InChI=1S/C13H15F2N3O/c14-10-1-2-12(15)11(7-10)13(19)8-16-3-5-18-6-4-17-9-18/h1-2,4,6-7,9,13,16,19H,3,5,8H2. The second-order valence-electron chi connectivity index (χ2n) is 4.19. The van der Waals surface area contributed by atoms with Crippen LogP contribution in [0.5, 0.6) is 0 Å². The number of imidazole rings is 1. The lowest BCUT2D eigenvalue weighted by Crippen LogP contribution is -2.25. The Balaban J connectivity index is 1.80. The Morgan fingerprint density at radius 3 is 2.95 bits per heavy atom. The fraction of sp³-hybridized carbons (Fsp3) is 0.308. The van der Waals surface area contributed by atoms with Crippen LogP contribution < -0.4 is 5.32 Å². The van der Waals surface area contributed by atoms with Gasteiger partial charge in [-0.3, -0.25) is 0 Å². The van der Waals surface area contributed by atoms with Crippen molar-refractivity contribution in [3.05, 3.63) is 54.1 Å². The summed E-state index contributed by atoms with van der Waals surface area (Å²) in [5.74, 6) is -1.17. The molecule has 102 valence electrons. The normalized spacial score (nSPS) is 12.6. The van der Waals surface area contributed by atoms with Gasteiger partial charge >= 0.3 is 0 Å². The molecular weight excluding hydrogens is 252 g/mol. The van der Waals surface area contributed by atoms with Gasteiger partial charge in [0.15, 0.2) is 0 Å². The van der Waals surface area contributed by atoms with E-state index in [9.17, 15) is 13.9 Å². The zero-order chi connectivity index (χ0) is 13.7. The molecule has 1 heterocycles. The average Bonchev–Trinajstić information content (AvgIpc) is 2.90. The van der Waals surface area contributed by atoms with E-state index < -0.39 is 17.7 Å². The molecule has 0 bridgehead atoms. The number of nitrogens with zero attached hydrogens (tertiary/aromatic N) is 2. The molecule has 0 aliphatic rings. The highest BCUT2D eigenvalue weighted by Crippen LogP contribution is 2.17. The zero-order valence-corrected chi connectivity index (χ0v) is 10.3. The number of hydrogen-bond donors (Lipinski definition) is 2. The van der Waals surface area contributed by atoms with Crippen LogP contribution in [0.4, 0.5) is 8.78 Å². The Morgan fingerprint density at radius 2 is 2.21 bits per heavy atom. The zero-order valence-electron chi connectivity index (χ0n) is 10.3. The molecule has 2 rings (SSSR count). The second kappa shape index (κ2) is 6.40. The van der Waals surface area contributed by atoms with Gasteiger partial charge in [-0.2, -0.15) is 0 Å². The maximum Gasteiger partial charge on any atom is 0.129 e. The number of aliphatic hydroxyl groups is 1. The van der Waals surface area contributed by atoms with Crippen LogP contribution in [-0.2, 0) is 6.54 Å². The molecule has 6 heteroatoms. The van der Waals surface area contributed by atoms with Gasteiger partial charge in [0.25, 0.3) is 0 Å². The van der Waals surface area contributed by atoms with Crippen LogP contribution in [0, 0.1) is 11.6 Å². The highest BCUT2D eigenvalue weighted by Gasteiger charge is 2.13. The van der Waals surface area contributed by atoms with E-state index in [-0.39, 0.29) is 12.1 Å². The molecule has 4 nitrogen and oxygen atoms in total. The summed E-state index contributed by atoms with van der Waals surface area (Å²) >= 11 is 0. The summed E-state index contributed by atoms with van der Waals surface area (Å²) in [7, 11) is 0. The number of halogens is 2. The van der Waals surface area contributed by atoms with Crippen LogP contribution in [0.2, 0.25) is 0 Å². The lowest BCUT2D eigenvalue weighted by Gasteiger charge is -2.13. The summed E-state index contributed by atoms with van der Waals surface area (Å²) in [6.07, 6.45) is 4.12. The van der Waals surface area contributed by atoms with Crippen LogP contribution in [0.25, 0.3) is 0 Å². The van der Waals surface area contributed by atoms with Crippen LogP contribution in [0.1, 0.15) is 11.7 Å². The van der Waals surface area contributed by atoms with E-state index in [1.807, 2.05) is 10.8 Å². The number of rotatable bonds is 6. The number of nitrogens with one attached hydrogen (secondary N) is 1. The van der Waals surface area contributed by atoms with E-state index in [4.69, 9.17) is 0 Å². The first-order valence-corrected chi connectivity index (χ1v) is 5.96. The van der Waals surface area contributed by atoms with Gasteiger partial charge in [-0.15, -0.1) is 0 Å². The molecule has 1 unspecified atom stereocenters. The molecular formula is C13H15F2N3O. The molecule has 0 fully saturated rings. The van der Waals surface area contributed by atoms with E-state index in [1.165, 1.54) is 0 Å². The smallest absolute Gasteiger partial charge is 0.129 e. The molecule has 0 amide bonds. The second-order valence-corrected chi connectivity index (χ2v) is 4.19. The predicted octanol–water partition coefficient (Wildman–Crippen LogP) is 1.48. The van der Waals surface area contributed by atoms with Crippen molar-refractivity contribution in [1.29, 1.82) is 0 Å². The minimum absolute atomic E-state index is 0.0323. The van der Waals surface area contributed by atoms with Gasteiger partial charge in [-0.25, -0.2) is 13.8 Å². The Kier molecular flexibility index (Phi) is 4.59. The number of hydrogen-bond acceptors (Lipinski definition) is 3. The van der Waals surface area contributed by atoms with Crippen molar-refractivity contribution in [3.63, 3.8) is 0 Å². The van der Waals surface area contributed by atoms with Crippen molar-refractivity contribution in [3.8, 4) is 0 Å². The van der Waals surface area contributed by atoms with Crippen molar-refractivity contribution in [2.45, 2.75) is 12.6 Å². The number of benzene rings is 1. The molecule has 1 atom stereocenters. The van der Waals surface area contributed by atoms with Gasteiger partial charge in [-0.05, 0) is 18.2 Å². The van der Waals surface area contributed by atoms with Crippen LogP contribution in [0.15, 0.2) is 36.9 Å². The van der Waals surface area contributed by atoms with Crippen LogP contribution in [0.3, 0.4) is 0 Å². The van der Waals surface area contributed by atoms with E-state index in [2.05, 4.69) is 10.3 Å². The Labute approximate surface area is 109 Å². The van der Waals surface area contributed by atoms with E-state index in [0.29, 0.717) is 13.1 Å². The van der Waals surface area contributed by atoms with Gasteiger partial charge < -0.3 is 15.0 Å². The first kappa shape index (κ1) is 13.6. The monoisotopic (exact) mass is 267 g/mol. The summed E-state index contributed by atoms with van der Waals surface area (Å²) in [5.41, 5.74) is -0.0323. The van der Waals surface area contributed by atoms with Crippen molar-refractivity contribution in [2.24, 2.45) is 0 Å². The largest absolute Gasteiger partial charge is 0.387 e. The van der Waals surface area contributed by atoms with Crippen LogP contribution in [-0.4, -0.2) is 27.7 Å². The Morgan fingerprint density at radius 1 is 1.37 bits per heavy atom. The third kappa shape index (κ3) is 3.84. The Bertz CT molecular complexity index is 517. The minimum atomic E-state index is -1.07. The summed E-state index contributed by atoms with van der Waals surface area (Å²) in [6, 6.07) is 3.05. The minimum Gasteiger partial charge on any atom is -0.387 e. The third-order valence-corrected chi connectivity index (χ3v) is 2.76. The van der Waals surface area contributed by atoms with E-state index in [1.54, 1.807) is 12.5 Å². The topological polar surface area (TPSA) is 50.1 Å². The highest BCUT2D eigenvalue weighted by atomic mass is 19.1. The number of aliphatic hydroxyl groups excluding tert-OH is 1. The number of aromatic nitrogens is 2. The molecule has 1 aromatic carbocycles. The molecule has 0 radical (unpaired) electrons. The van der Waals surface area contributed by atoms with Gasteiger partial charge in [0.05, 0.1) is 12.4 Å². The predicted molar refractivity (Wildman–Crippen MR) is 66.4 cm³/mol. The molecule has 0 saturated carbocycles. The Hall–Kier alpha value is -1.79. The van der Waals surface area contributed by atoms with Crippen LogP contribution >= 0.6 is 0 Å². The maximum atomic E-state index is 13.4. The summed E-state index contributed by atoms with van der Waals surface area (Å²) < 4.78 is 28.2. The quantitative estimate of drug-likeness (QED) is 0.780. The van der Waals surface area contributed by atoms with Crippen molar-refractivity contribution >= 4 is 0 Å². The first-order chi connectivity index (χ1) is 9.16. The van der Waals surface area contributed by atoms with Crippen molar-refractivity contribution in [2.75, 3.05) is 13.1 Å². The maximum absolute atomic E-state index is 13.4. The van der Waals surface area contributed by atoms with E-state index >= 15 is 0 Å². The average molecular weight is 267 g/mol. The summed E-state index contributed by atoms with van der Waals surface area (Å²) in [6.45, 7) is 1.46. The highest BCUT2D eigenvalue weighted by molar-refractivity contribution is 5.21. The molecule has 2 N–H and O–H groups in total. The lowest BCUT2D eigenvalue weighted by atomic mass is 10.1. The molecule has 2 aromatic rings. The van der Waals surface area contributed by atoms with Gasteiger partial charge in [0.2, 0.25) is 0 Å². The molecule has 19 heavy (non-hydrogen) atoms. The third-order valence-electron chi connectivity index (χ3n) is 2.76. The lowest BCUT2D eigenvalue weighted by molar-refractivity contribution is 0.169. The SMILES string of the molecule is OC(CNCCn1ccnc1)c1cc(F)ccc1F. The summed E-state index contributed by atoms with van der Waals surface area (Å²) in [5, 5.41) is 12.8. The van der Waals surface area contributed by atoms with Gasteiger partial charge in [-0.1, -0.05) is 0 Å². The van der Waals surface area contributed by atoms with Gasteiger partial charge in [0, 0.05) is 37.6 Å².